The van der Waals surface area contributed by atoms with Crippen LogP contribution in [-0.4, -0.2) is 23.7 Å². The molecule has 0 saturated carbocycles. The molecule has 2 aromatic carbocycles. The maximum absolute atomic E-state index is 12.5. The van der Waals surface area contributed by atoms with Crippen molar-refractivity contribution in [3.05, 3.63) is 59.2 Å². The molecule has 4 nitrogen and oxygen atoms in total. The van der Waals surface area contributed by atoms with Gasteiger partial charge in [0.25, 0.3) is 0 Å². The first kappa shape index (κ1) is 19.1. The Morgan fingerprint density at radius 1 is 1.12 bits per heavy atom. The number of thioether (sulfide) groups is 1. The fourth-order valence-corrected chi connectivity index (χ4v) is 3.07. The van der Waals surface area contributed by atoms with Crippen LogP contribution in [0.2, 0.25) is 0 Å². The van der Waals surface area contributed by atoms with Crippen molar-refractivity contribution in [1.29, 1.82) is 0 Å². The molecule has 25 heavy (non-hydrogen) atoms. The number of carbonyl (C=O) groups is 2. The van der Waals surface area contributed by atoms with Crippen molar-refractivity contribution >= 4 is 29.3 Å². The summed E-state index contributed by atoms with van der Waals surface area (Å²) in [5, 5.41) is 2.66. The van der Waals surface area contributed by atoms with Crippen molar-refractivity contribution in [3.63, 3.8) is 0 Å². The van der Waals surface area contributed by atoms with Gasteiger partial charge < -0.3 is 10.1 Å². The Labute approximate surface area is 153 Å². The van der Waals surface area contributed by atoms with Gasteiger partial charge in [-0.3, -0.25) is 4.79 Å². The Bertz CT molecular complexity index is 756. The van der Waals surface area contributed by atoms with Gasteiger partial charge in [-0.25, -0.2) is 4.79 Å². The van der Waals surface area contributed by atoms with Crippen LogP contribution in [0.4, 0.5) is 5.69 Å². The molecule has 2 rings (SSSR count). The van der Waals surface area contributed by atoms with Crippen LogP contribution in [0, 0.1) is 13.8 Å². The molecule has 5 heteroatoms. The minimum absolute atomic E-state index is 0.102. The zero-order valence-electron chi connectivity index (χ0n) is 15.0. The number of hydrogen-bond acceptors (Lipinski definition) is 4. The molecule has 0 aliphatic heterocycles. The second kappa shape index (κ2) is 8.72. The van der Waals surface area contributed by atoms with Gasteiger partial charge in [0.05, 0.1) is 17.4 Å². The van der Waals surface area contributed by atoms with E-state index < -0.39 is 0 Å². The Balaban J connectivity index is 2.07. The lowest BCUT2D eigenvalue weighted by atomic mass is 10.1. The maximum atomic E-state index is 12.5. The second-order valence-electron chi connectivity index (χ2n) is 5.81. The SMILES string of the molecule is CCOC(=O)c1ccc(C)c(NC(=O)[C@H](C)Sc2ccc(C)cc2)c1. The molecule has 0 aromatic heterocycles. The molecule has 0 bridgehead atoms. The van der Waals surface area contributed by atoms with Crippen LogP contribution < -0.4 is 5.32 Å². The summed E-state index contributed by atoms with van der Waals surface area (Å²) in [5.74, 6) is -0.491. The summed E-state index contributed by atoms with van der Waals surface area (Å²) in [5.41, 5.74) is 3.15. The lowest BCUT2D eigenvalue weighted by molar-refractivity contribution is -0.115. The zero-order chi connectivity index (χ0) is 18.4. The molecule has 0 unspecified atom stereocenters. The monoisotopic (exact) mass is 357 g/mol. The van der Waals surface area contributed by atoms with Crippen molar-refractivity contribution in [2.75, 3.05) is 11.9 Å². The molecule has 0 aliphatic rings. The highest BCUT2D eigenvalue weighted by Crippen LogP contribution is 2.25. The molecule has 132 valence electrons. The summed E-state index contributed by atoms with van der Waals surface area (Å²) in [6, 6.07) is 13.2. The fraction of sp³-hybridized carbons (Fsp3) is 0.300. The number of esters is 1. The van der Waals surface area contributed by atoms with Gasteiger partial charge in [-0.05, 0) is 57.5 Å². The number of carbonyl (C=O) groups excluding carboxylic acids is 2. The van der Waals surface area contributed by atoms with Crippen molar-refractivity contribution in [2.45, 2.75) is 37.8 Å². The van der Waals surface area contributed by atoms with Crippen LogP contribution in [0.3, 0.4) is 0 Å². The molecule has 0 radical (unpaired) electrons. The van der Waals surface area contributed by atoms with Crippen molar-refractivity contribution in [1.82, 2.24) is 0 Å². The normalized spacial score (nSPS) is 11.7. The average Bonchev–Trinajstić information content (AvgIpc) is 2.59. The molecule has 0 aliphatic carbocycles. The highest BCUT2D eigenvalue weighted by atomic mass is 32.2. The summed E-state index contributed by atoms with van der Waals surface area (Å²) in [7, 11) is 0. The molecule has 0 fully saturated rings. The number of amides is 1. The standard InChI is InChI=1S/C20H23NO3S/c1-5-24-20(23)16-9-8-14(3)18(12-16)21-19(22)15(4)25-17-10-6-13(2)7-11-17/h6-12,15H,5H2,1-4H3,(H,21,22)/t15-/m0/s1. The molecule has 0 spiro atoms. The van der Waals surface area contributed by atoms with Crippen LogP contribution in [0.1, 0.15) is 35.3 Å². The minimum Gasteiger partial charge on any atom is -0.462 e. The van der Waals surface area contributed by atoms with Crippen LogP contribution in [0.5, 0.6) is 0 Å². The predicted octanol–water partition coefficient (Wildman–Crippen LogP) is 4.60. The van der Waals surface area contributed by atoms with Gasteiger partial charge >= 0.3 is 5.97 Å². The Hall–Kier alpha value is -2.27. The Kier molecular flexibility index (Phi) is 6.65. The largest absolute Gasteiger partial charge is 0.462 e. The van der Waals surface area contributed by atoms with E-state index in [1.807, 2.05) is 45.0 Å². The minimum atomic E-state index is -0.389. The Morgan fingerprint density at radius 2 is 1.80 bits per heavy atom. The number of anilines is 1. The molecule has 0 heterocycles. The van der Waals surface area contributed by atoms with Gasteiger partial charge in [0, 0.05) is 10.6 Å². The van der Waals surface area contributed by atoms with Crippen molar-refractivity contribution in [2.24, 2.45) is 0 Å². The quantitative estimate of drug-likeness (QED) is 0.606. The number of hydrogen-bond donors (Lipinski definition) is 1. The van der Waals surface area contributed by atoms with Crippen LogP contribution in [0.15, 0.2) is 47.4 Å². The highest BCUT2D eigenvalue weighted by Gasteiger charge is 2.16. The smallest absolute Gasteiger partial charge is 0.338 e. The number of benzene rings is 2. The van der Waals surface area contributed by atoms with E-state index in [0.29, 0.717) is 17.9 Å². The number of nitrogens with one attached hydrogen (secondary N) is 1. The summed E-state index contributed by atoms with van der Waals surface area (Å²) in [6.07, 6.45) is 0. The fourth-order valence-electron chi connectivity index (χ4n) is 2.21. The van der Waals surface area contributed by atoms with E-state index in [2.05, 4.69) is 5.32 Å². The van der Waals surface area contributed by atoms with Gasteiger partial charge in [0.15, 0.2) is 0 Å². The van der Waals surface area contributed by atoms with Crippen LogP contribution in [-0.2, 0) is 9.53 Å². The number of ether oxygens (including phenoxy) is 1. The van der Waals surface area contributed by atoms with E-state index in [9.17, 15) is 9.59 Å². The summed E-state index contributed by atoms with van der Waals surface area (Å²) >= 11 is 1.50. The first-order valence-corrected chi connectivity index (χ1v) is 9.10. The van der Waals surface area contributed by atoms with Gasteiger partial charge in [0.2, 0.25) is 5.91 Å². The van der Waals surface area contributed by atoms with Gasteiger partial charge in [-0.1, -0.05) is 23.8 Å². The number of aryl methyl sites for hydroxylation is 2. The summed E-state index contributed by atoms with van der Waals surface area (Å²) in [4.78, 5) is 25.4. The lowest BCUT2D eigenvalue weighted by Gasteiger charge is -2.14. The topological polar surface area (TPSA) is 55.4 Å². The molecule has 1 N–H and O–H groups in total. The van der Waals surface area contributed by atoms with E-state index >= 15 is 0 Å². The van der Waals surface area contributed by atoms with E-state index in [1.54, 1.807) is 25.1 Å². The van der Waals surface area contributed by atoms with E-state index in [1.165, 1.54) is 17.3 Å². The molecule has 2 aromatic rings. The third-order valence-electron chi connectivity index (χ3n) is 3.71. The average molecular weight is 357 g/mol. The molecule has 0 saturated heterocycles. The first-order chi connectivity index (χ1) is 11.9. The number of rotatable bonds is 6. The third kappa shape index (κ3) is 5.36. The predicted molar refractivity (Wildman–Crippen MR) is 102 cm³/mol. The molecule has 1 amide bonds. The van der Waals surface area contributed by atoms with Crippen molar-refractivity contribution in [3.8, 4) is 0 Å². The molecular formula is C20H23NO3S. The lowest BCUT2D eigenvalue weighted by Crippen LogP contribution is -2.23. The van der Waals surface area contributed by atoms with E-state index in [4.69, 9.17) is 4.74 Å². The molecule has 1 atom stereocenters. The van der Waals surface area contributed by atoms with Gasteiger partial charge in [0.1, 0.15) is 0 Å². The summed E-state index contributed by atoms with van der Waals surface area (Å²) < 4.78 is 5.01. The molecular weight excluding hydrogens is 334 g/mol. The zero-order valence-corrected chi connectivity index (χ0v) is 15.8. The third-order valence-corrected chi connectivity index (χ3v) is 4.82. The van der Waals surface area contributed by atoms with E-state index in [-0.39, 0.29) is 17.1 Å². The van der Waals surface area contributed by atoms with Crippen LogP contribution in [0.25, 0.3) is 0 Å². The summed E-state index contributed by atoms with van der Waals surface area (Å²) in [6.45, 7) is 7.87. The van der Waals surface area contributed by atoms with Crippen molar-refractivity contribution < 1.29 is 14.3 Å². The van der Waals surface area contributed by atoms with E-state index in [0.717, 1.165) is 10.5 Å². The Morgan fingerprint density at radius 3 is 2.44 bits per heavy atom. The van der Waals surface area contributed by atoms with Crippen LogP contribution >= 0.6 is 11.8 Å². The highest BCUT2D eigenvalue weighted by molar-refractivity contribution is 8.00. The maximum Gasteiger partial charge on any atom is 0.338 e. The second-order valence-corrected chi connectivity index (χ2v) is 7.23. The van der Waals surface area contributed by atoms with Gasteiger partial charge in [-0.2, -0.15) is 0 Å². The van der Waals surface area contributed by atoms with Gasteiger partial charge in [-0.15, -0.1) is 11.8 Å². The first-order valence-electron chi connectivity index (χ1n) is 8.22.